The minimum Gasteiger partial charge on any atom is -0.393 e. The van der Waals surface area contributed by atoms with Gasteiger partial charge in [-0.25, -0.2) is 0 Å². The normalized spacial score (nSPS) is 46.8. The smallest absolute Gasteiger partial charge is 0.220 e. The van der Waals surface area contributed by atoms with Crippen molar-refractivity contribution in [2.75, 3.05) is 13.1 Å². The molecule has 0 aromatic heterocycles. The van der Waals surface area contributed by atoms with E-state index in [-0.39, 0.29) is 41.0 Å². The molecule has 6 nitrogen and oxygen atoms in total. The van der Waals surface area contributed by atoms with Gasteiger partial charge in [-0.3, -0.25) is 4.79 Å². The van der Waals surface area contributed by atoms with E-state index in [2.05, 4.69) is 26.1 Å². The van der Waals surface area contributed by atoms with E-state index in [0.717, 1.165) is 64.2 Å². The van der Waals surface area contributed by atoms with Crippen LogP contribution >= 0.6 is 0 Å². The predicted molar refractivity (Wildman–Crippen MR) is 134 cm³/mol. The molecule has 6 N–H and O–H groups in total. The summed E-state index contributed by atoms with van der Waals surface area (Å²) in [6, 6.07) is 0. The minimum atomic E-state index is -0.367. The summed E-state index contributed by atoms with van der Waals surface area (Å²) in [5.74, 6) is 2.12. The highest BCUT2D eigenvalue weighted by Gasteiger charge is 2.65. The lowest BCUT2D eigenvalue weighted by Crippen LogP contribution is -2.62. The summed E-state index contributed by atoms with van der Waals surface area (Å²) in [5, 5.41) is 36.4. The van der Waals surface area contributed by atoms with Gasteiger partial charge >= 0.3 is 0 Å². The minimum absolute atomic E-state index is 0.108. The topological polar surface area (TPSA) is 116 Å². The van der Waals surface area contributed by atoms with Crippen LogP contribution in [0.3, 0.4) is 0 Å². The first kappa shape index (κ1) is 26.4. The number of aliphatic hydroxyl groups is 3. The molecule has 0 spiro atoms. The molecule has 4 saturated carbocycles. The van der Waals surface area contributed by atoms with Crippen LogP contribution in [0.25, 0.3) is 0 Å². The highest BCUT2D eigenvalue weighted by molar-refractivity contribution is 5.75. The average molecular weight is 479 g/mol. The number of hydrogen-bond acceptors (Lipinski definition) is 5. The van der Waals surface area contributed by atoms with Gasteiger partial charge in [0.15, 0.2) is 0 Å². The van der Waals surface area contributed by atoms with E-state index in [9.17, 15) is 20.1 Å². The highest BCUT2D eigenvalue weighted by atomic mass is 16.3. The molecule has 196 valence electrons. The Morgan fingerprint density at radius 2 is 1.82 bits per heavy atom. The zero-order chi connectivity index (χ0) is 24.7. The van der Waals surface area contributed by atoms with E-state index in [4.69, 9.17) is 5.73 Å². The number of nitrogens with one attached hydrogen (secondary N) is 1. The van der Waals surface area contributed by atoms with E-state index in [1.165, 1.54) is 0 Å². The SMILES string of the molecule is CC(CCC(=O)NCCCCN)C1CC[C@H]2[C@H]3C(CC(O)C12C)C1(C)CC[C@@H](O)C[C@@H]1C[C@@H]3O. The number of carbonyl (C=O) groups is 1. The van der Waals surface area contributed by atoms with Crippen molar-refractivity contribution in [1.29, 1.82) is 0 Å². The molecule has 6 unspecified atom stereocenters. The summed E-state index contributed by atoms with van der Waals surface area (Å²) in [4.78, 5) is 12.3. The van der Waals surface area contributed by atoms with Crippen LogP contribution in [0.4, 0.5) is 0 Å². The second-order valence-electron chi connectivity index (χ2n) is 12.9. The summed E-state index contributed by atoms with van der Waals surface area (Å²) in [6.07, 6.45) is 8.64. The van der Waals surface area contributed by atoms with E-state index in [0.29, 0.717) is 49.1 Å². The van der Waals surface area contributed by atoms with Gasteiger partial charge in [-0.1, -0.05) is 20.8 Å². The van der Waals surface area contributed by atoms with Gasteiger partial charge in [0.2, 0.25) is 5.91 Å². The van der Waals surface area contributed by atoms with Gasteiger partial charge in [0.25, 0.3) is 0 Å². The van der Waals surface area contributed by atoms with Gasteiger partial charge in [-0.2, -0.15) is 0 Å². The standard InChI is InChI=1S/C28H50N2O4/c1-17(6-9-25(34)30-13-5-4-12-29)20-7-8-21-26-22(16-24(33)28(20,21)3)27(2)11-10-19(31)14-18(27)15-23(26)32/h17-24,26,31-33H,4-16,29H2,1-3H3,(H,30,34)/t17?,18-,19-,20?,21+,22?,23+,24?,26+,27?,28?/m1/s1. The molecule has 0 aromatic carbocycles. The third-order valence-electron chi connectivity index (χ3n) is 11.3. The molecular formula is C28H50N2O4. The molecule has 4 rings (SSSR count). The number of aliphatic hydroxyl groups excluding tert-OH is 3. The second-order valence-corrected chi connectivity index (χ2v) is 12.9. The van der Waals surface area contributed by atoms with Crippen LogP contribution in [0.2, 0.25) is 0 Å². The molecule has 0 radical (unpaired) electrons. The lowest BCUT2D eigenvalue weighted by molar-refractivity contribution is -0.207. The summed E-state index contributed by atoms with van der Waals surface area (Å²) in [7, 11) is 0. The van der Waals surface area contributed by atoms with Crippen LogP contribution in [0.5, 0.6) is 0 Å². The fourth-order valence-electron chi connectivity index (χ4n) is 9.28. The van der Waals surface area contributed by atoms with Gasteiger partial charge in [-0.15, -0.1) is 0 Å². The fourth-order valence-corrected chi connectivity index (χ4v) is 9.28. The molecule has 34 heavy (non-hydrogen) atoms. The van der Waals surface area contributed by atoms with Crippen molar-refractivity contribution in [2.24, 2.45) is 52.1 Å². The van der Waals surface area contributed by atoms with Crippen molar-refractivity contribution in [3.05, 3.63) is 0 Å². The largest absolute Gasteiger partial charge is 0.393 e. The van der Waals surface area contributed by atoms with Crippen LogP contribution < -0.4 is 11.1 Å². The maximum Gasteiger partial charge on any atom is 0.220 e. The predicted octanol–water partition coefficient (Wildman–Crippen LogP) is 3.22. The Hall–Kier alpha value is -0.690. The molecule has 0 aromatic rings. The van der Waals surface area contributed by atoms with E-state index < -0.39 is 0 Å². The summed E-state index contributed by atoms with van der Waals surface area (Å²) >= 11 is 0. The Balaban J connectivity index is 1.43. The molecule has 4 aliphatic carbocycles. The maximum absolute atomic E-state index is 12.3. The third kappa shape index (κ3) is 4.57. The zero-order valence-electron chi connectivity index (χ0n) is 21.7. The number of carbonyl (C=O) groups excluding carboxylic acids is 1. The van der Waals surface area contributed by atoms with E-state index in [1.807, 2.05) is 0 Å². The van der Waals surface area contributed by atoms with Crippen molar-refractivity contribution in [2.45, 2.75) is 110 Å². The van der Waals surface area contributed by atoms with Gasteiger partial charge in [0, 0.05) is 13.0 Å². The molecule has 11 atom stereocenters. The van der Waals surface area contributed by atoms with Crippen LogP contribution in [0.15, 0.2) is 0 Å². The zero-order valence-corrected chi connectivity index (χ0v) is 21.7. The summed E-state index contributed by atoms with van der Waals surface area (Å²) in [6.45, 7) is 8.28. The van der Waals surface area contributed by atoms with Gasteiger partial charge < -0.3 is 26.4 Å². The highest BCUT2D eigenvalue weighted by Crippen LogP contribution is 2.68. The monoisotopic (exact) mass is 478 g/mol. The Labute approximate surface area is 206 Å². The Kier molecular flexibility index (Phi) is 8.03. The fraction of sp³-hybridized carbons (Fsp3) is 0.964. The molecule has 0 aliphatic heterocycles. The van der Waals surface area contributed by atoms with Crippen molar-refractivity contribution in [3.63, 3.8) is 0 Å². The molecule has 6 heteroatoms. The van der Waals surface area contributed by atoms with E-state index >= 15 is 0 Å². The van der Waals surface area contributed by atoms with Crippen LogP contribution in [-0.2, 0) is 4.79 Å². The third-order valence-corrected chi connectivity index (χ3v) is 11.3. The number of amides is 1. The molecule has 4 aliphatic rings. The summed E-state index contributed by atoms with van der Waals surface area (Å²) in [5.41, 5.74) is 5.44. The van der Waals surface area contributed by atoms with Crippen LogP contribution in [-0.4, -0.2) is 52.6 Å². The molecule has 0 saturated heterocycles. The Bertz CT molecular complexity index is 719. The van der Waals surface area contributed by atoms with Crippen molar-refractivity contribution in [1.82, 2.24) is 5.32 Å². The van der Waals surface area contributed by atoms with Gasteiger partial charge in [0.1, 0.15) is 0 Å². The van der Waals surface area contributed by atoms with Crippen molar-refractivity contribution >= 4 is 5.91 Å². The molecule has 1 amide bonds. The first-order chi connectivity index (χ1) is 16.1. The molecule has 4 fully saturated rings. The van der Waals surface area contributed by atoms with Gasteiger partial charge in [0.05, 0.1) is 18.3 Å². The number of fused-ring (bicyclic) bond motifs is 5. The van der Waals surface area contributed by atoms with Crippen molar-refractivity contribution < 1.29 is 20.1 Å². The lowest BCUT2D eigenvalue weighted by atomic mass is 9.43. The van der Waals surface area contributed by atoms with Gasteiger partial charge in [-0.05, 0) is 117 Å². The maximum atomic E-state index is 12.3. The summed E-state index contributed by atoms with van der Waals surface area (Å²) < 4.78 is 0. The van der Waals surface area contributed by atoms with Crippen LogP contribution in [0, 0.1) is 46.3 Å². The Morgan fingerprint density at radius 1 is 1.06 bits per heavy atom. The second kappa shape index (κ2) is 10.4. The molecule has 0 bridgehead atoms. The molecular weight excluding hydrogens is 428 g/mol. The number of nitrogens with two attached hydrogens (primary N) is 1. The number of rotatable bonds is 8. The average Bonchev–Trinajstić information content (AvgIpc) is 3.15. The van der Waals surface area contributed by atoms with Crippen molar-refractivity contribution in [3.8, 4) is 0 Å². The quantitative estimate of drug-likeness (QED) is 0.344. The first-order valence-corrected chi connectivity index (χ1v) is 14.1. The molecule has 0 heterocycles. The number of hydrogen-bond donors (Lipinski definition) is 5. The number of unbranched alkanes of at least 4 members (excludes halogenated alkanes) is 1. The van der Waals surface area contributed by atoms with Crippen LogP contribution in [0.1, 0.15) is 91.4 Å². The first-order valence-electron chi connectivity index (χ1n) is 14.1. The lowest BCUT2D eigenvalue weighted by Gasteiger charge is -2.63. The Morgan fingerprint density at radius 3 is 2.56 bits per heavy atom. The van der Waals surface area contributed by atoms with E-state index in [1.54, 1.807) is 0 Å².